The summed E-state index contributed by atoms with van der Waals surface area (Å²) in [7, 11) is 0. The number of rotatable bonds is 7. The summed E-state index contributed by atoms with van der Waals surface area (Å²) in [6, 6.07) is 0. The van der Waals surface area contributed by atoms with Crippen LogP contribution in [0.2, 0.25) is 0 Å². The van der Waals surface area contributed by atoms with Crippen LogP contribution in [0, 0.1) is 17.8 Å². The van der Waals surface area contributed by atoms with Gasteiger partial charge in [-0.25, -0.2) is 0 Å². The molecule has 106 valence electrons. The second-order valence-electron chi connectivity index (χ2n) is 5.74. The van der Waals surface area contributed by atoms with Crippen LogP contribution >= 0.6 is 0 Å². The molecule has 0 bridgehead atoms. The maximum absolute atomic E-state index is 11.7. The zero-order valence-corrected chi connectivity index (χ0v) is 12.6. The number of hydrogen-bond acceptors (Lipinski definition) is 3. The van der Waals surface area contributed by atoms with E-state index in [2.05, 4.69) is 0 Å². The number of aliphatic hydroxyl groups is 1. The molecule has 1 N–H and O–H groups in total. The number of hydrogen-bond donors (Lipinski definition) is 1. The van der Waals surface area contributed by atoms with Gasteiger partial charge in [-0.1, -0.05) is 39.3 Å². The molecular formula is C15H28O3. The summed E-state index contributed by atoms with van der Waals surface area (Å²) in [4.78, 5) is 11.7. The van der Waals surface area contributed by atoms with E-state index in [0.29, 0.717) is 18.9 Å². The van der Waals surface area contributed by atoms with Crippen LogP contribution in [0.3, 0.4) is 0 Å². The standard InChI is InChI=1S/C15H28O3/c1-10(2)9-18-15(17)13(5)8-11(3)7-12(4)14(6)16/h7,10,12-14,16H,8-9H2,1-6H3. The van der Waals surface area contributed by atoms with Gasteiger partial charge in [0.05, 0.1) is 18.6 Å². The molecule has 0 saturated heterocycles. The van der Waals surface area contributed by atoms with Crippen molar-refractivity contribution in [3.8, 4) is 0 Å². The number of esters is 1. The Hall–Kier alpha value is -0.830. The van der Waals surface area contributed by atoms with Crippen LogP contribution in [0.25, 0.3) is 0 Å². The lowest BCUT2D eigenvalue weighted by molar-refractivity contribution is -0.148. The van der Waals surface area contributed by atoms with Crippen molar-refractivity contribution in [3.05, 3.63) is 11.6 Å². The van der Waals surface area contributed by atoms with Crippen LogP contribution < -0.4 is 0 Å². The molecule has 0 aromatic heterocycles. The Morgan fingerprint density at radius 2 is 1.78 bits per heavy atom. The van der Waals surface area contributed by atoms with Gasteiger partial charge in [0, 0.05) is 0 Å². The van der Waals surface area contributed by atoms with Crippen LogP contribution in [0.5, 0.6) is 0 Å². The van der Waals surface area contributed by atoms with Gasteiger partial charge in [-0.05, 0) is 32.1 Å². The number of allylic oxidation sites excluding steroid dienone is 1. The van der Waals surface area contributed by atoms with Crippen molar-refractivity contribution < 1.29 is 14.6 Å². The molecule has 0 fully saturated rings. The highest BCUT2D eigenvalue weighted by Gasteiger charge is 2.16. The Labute approximate surface area is 111 Å². The fraction of sp³-hybridized carbons (Fsp3) is 0.800. The first-order chi connectivity index (χ1) is 8.23. The third-order valence-electron chi connectivity index (χ3n) is 2.90. The predicted molar refractivity (Wildman–Crippen MR) is 74.2 cm³/mol. The van der Waals surface area contributed by atoms with E-state index in [1.807, 2.05) is 40.7 Å². The minimum absolute atomic E-state index is 0.115. The fourth-order valence-corrected chi connectivity index (χ4v) is 1.61. The van der Waals surface area contributed by atoms with Crippen LogP contribution in [0.4, 0.5) is 0 Å². The molecule has 3 heteroatoms. The highest BCUT2D eigenvalue weighted by atomic mass is 16.5. The highest BCUT2D eigenvalue weighted by molar-refractivity contribution is 5.72. The summed E-state index contributed by atoms with van der Waals surface area (Å²) in [5, 5.41) is 9.42. The van der Waals surface area contributed by atoms with Gasteiger partial charge in [0.1, 0.15) is 0 Å². The van der Waals surface area contributed by atoms with Gasteiger partial charge in [-0.15, -0.1) is 0 Å². The summed E-state index contributed by atoms with van der Waals surface area (Å²) in [6.45, 7) is 12.1. The van der Waals surface area contributed by atoms with E-state index in [9.17, 15) is 9.90 Å². The zero-order valence-electron chi connectivity index (χ0n) is 12.6. The normalized spacial score (nSPS) is 17.4. The van der Waals surface area contributed by atoms with Crippen LogP contribution in [-0.2, 0) is 9.53 Å². The molecule has 0 saturated carbocycles. The van der Waals surface area contributed by atoms with Gasteiger partial charge >= 0.3 is 5.97 Å². The number of aliphatic hydroxyl groups excluding tert-OH is 1. The quantitative estimate of drug-likeness (QED) is 0.562. The first kappa shape index (κ1) is 17.2. The summed E-state index contributed by atoms with van der Waals surface area (Å²) >= 11 is 0. The van der Waals surface area contributed by atoms with E-state index >= 15 is 0 Å². The van der Waals surface area contributed by atoms with E-state index in [4.69, 9.17) is 4.74 Å². The Morgan fingerprint density at radius 3 is 2.22 bits per heavy atom. The minimum atomic E-state index is -0.358. The van der Waals surface area contributed by atoms with Crippen molar-refractivity contribution in [2.24, 2.45) is 17.8 Å². The van der Waals surface area contributed by atoms with E-state index in [1.165, 1.54) is 0 Å². The molecule has 0 spiro atoms. The molecule has 18 heavy (non-hydrogen) atoms. The minimum Gasteiger partial charge on any atom is -0.465 e. The van der Waals surface area contributed by atoms with E-state index < -0.39 is 0 Å². The average molecular weight is 256 g/mol. The van der Waals surface area contributed by atoms with Crippen LogP contribution in [-0.4, -0.2) is 23.8 Å². The summed E-state index contributed by atoms with van der Waals surface area (Å²) in [5.74, 6) is 0.222. The van der Waals surface area contributed by atoms with E-state index in [1.54, 1.807) is 6.92 Å². The van der Waals surface area contributed by atoms with Crippen molar-refractivity contribution in [3.63, 3.8) is 0 Å². The fourth-order valence-electron chi connectivity index (χ4n) is 1.61. The van der Waals surface area contributed by atoms with Crippen molar-refractivity contribution in [1.82, 2.24) is 0 Å². The molecule has 3 unspecified atom stereocenters. The first-order valence-corrected chi connectivity index (χ1v) is 6.76. The Balaban J connectivity index is 4.21. The Kier molecular flexibility index (Phi) is 7.92. The molecular weight excluding hydrogens is 228 g/mol. The van der Waals surface area contributed by atoms with Gasteiger partial charge in [-0.3, -0.25) is 4.79 Å². The van der Waals surface area contributed by atoms with E-state index in [-0.39, 0.29) is 23.9 Å². The monoisotopic (exact) mass is 256 g/mol. The third-order valence-corrected chi connectivity index (χ3v) is 2.90. The van der Waals surface area contributed by atoms with Crippen molar-refractivity contribution in [1.29, 1.82) is 0 Å². The van der Waals surface area contributed by atoms with Crippen molar-refractivity contribution in [2.45, 2.75) is 54.1 Å². The molecule has 0 aliphatic rings. The molecule has 3 atom stereocenters. The lowest BCUT2D eigenvalue weighted by Gasteiger charge is -2.15. The number of carbonyl (C=O) groups excluding carboxylic acids is 1. The topological polar surface area (TPSA) is 46.5 Å². The molecule has 0 aromatic rings. The molecule has 0 aliphatic heterocycles. The van der Waals surface area contributed by atoms with Gasteiger partial charge < -0.3 is 9.84 Å². The molecule has 0 amide bonds. The second-order valence-corrected chi connectivity index (χ2v) is 5.74. The van der Waals surface area contributed by atoms with Crippen LogP contribution in [0.15, 0.2) is 11.6 Å². The first-order valence-electron chi connectivity index (χ1n) is 6.76. The molecule has 3 nitrogen and oxygen atoms in total. The Morgan fingerprint density at radius 1 is 1.22 bits per heavy atom. The second kappa shape index (κ2) is 8.30. The highest BCUT2D eigenvalue weighted by Crippen LogP contribution is 2.16. The summed E-state index contributed by atoms with van der Waals surface area (Å²) in [6.07, 6.45) is 2.35. The van der Waals surface area contributed by atoms with E-state index in [0.717, 1.165) is 5.57 Å². The van der Waals surface area contributed by atoms with Gasteiger partial charge in [0.25, 0.3) is 0 Å². The lowest BCUT2D eigenvalue weighted by Crippen LogP contribution is -2.18. The summed E-state index contributed by atoms with van der Waals surface area (Å²) in [5.41, 5.74) is 1.12. The zero-order chi connectivity index (χ0) is 14.3. The molecule has 0 aliphatic carbocycles. The molecule has 0 aromatic carbocycles. The average Bonchev–Trinajstić information content (AvgIpc) is 2.24. The smallest absolute Gasteiger partial charge is 0.308 e. The molecule has 0 heterocycles. The maximum Gasteiger partial charge on any atom is 0.308 e. The lowest BCUT2D eigenvalue weighted by atomic mass is 9.97. The third kappa shape index (κ3) is 7.49. The predicted octanol–water partition coefficient (Wildman–Crippen LogP) is 3.18. The summed E-state index contributed by atoms with van der Waals surface area (Å²) < 4.78 is 5.20. The number of ether oxygens (including phenoxy) is 1. The van der Waals surface area contributed by atoms with Gasteiger partial charge in [0.2, 0.25) is 0 Å². The molecule has 0 radical (unpaired) electrons. The number of carbonyl (C=O) groups is 1. The largest absolute Gasteiger partial charge is 0.465 e. The molecule has 0 rings (SSSR count). The van der Waals surface area contributed by atoms with Crippen LogP contribution in [0.1, 0.15) is 48.0 Å². The van der Waals surface area contributed by atoms with Gasteiger partial charge in [0.15, 0.2) is 0 Å². The van der Waals surface area contributed by atoms with Crippen molar-refractivity contribution in [2.75, 3.05) is 6.61 Å². The van der Waals surface area contributed by atoms with Crippen molar-refractivity contribution >= 4 is 5.97 Å². The van der Waals surface area contributed by atoms with Gasteiger partial charge in [-0.2, -0.15) is 0 Å². The SMILES string of the molecule is CC(=CC(C)C(C)O)CC(C)C(=O)OCC(C)C. The Bertz CT molecular complexity index is 279. The maximum atomic E-state index is 11.7.